The fourth-order valence-electron chi connectivity index (χ4n) is 2.67. The molecular weight excluding hydrogens is 403 g/mol. The third-order valence-corrected chi connectivity index (χ3v) is 4.95. The van der Waals surface area contributed by atoms with Gasteiger partial charge in [-0.15, -0.1) is 11.3 Å². The van der Waals surface area contributed by atoms with Gasteiger partial charge in [0, 0.05) is 16.5 Å². The van der Waals surface area contributed by atoms with Crippen molar-refractivity contribution >= 4 is 28.2 Å². The van der Waals surface area contributed by atoms with Crippen molar-refractivity contribution in [3.05, 3.63) is 76.7 Å². The molecule has 3 aromatic rings. The lowest BCUT2D eigenvalue weighted by molar-refractivity contribution is -0.137. The van der Waals surface area contributed by atoms with Gasteiger partial charge in [-0.25, -0.2) is 4.79 Å². The molecule has 3 rings (SSSR count). The van der Waals surface area contributed by atoms with Crippen molar-refractivity contribution in [3.8, 4) is 11.1 Å². The highest BCUT2D eigenvalue weighted by atomic mass is 32.1. The van der Waals surface area contributed by atoms with Gasteiger partial charge in [0.25, 0.3) is 5.91 Å². The molecule has 0 aliphatic rings. The largest absolute Gasteiger partial charge is 0.462 e. The molecule has 1 amide bonds. The van der Waals surface area contributed by atoms with E-state index in [4.69, 9.17) is 4.74 Å². The zero-order valence-electron chi connectivity index (χ0n) is 15.2. The molecule has 0 bridgehead atoms. The number of ether oxygens (including phenoxy) is 1. The predicted octanol–water partition coefficient (Wildman–Crippen LogP) is 5.86. The van der Waals surface area contributed by atoms with Gasteiger partial charge in [-0.3, -0.25) is 4.79 Å². The molecule has 0 radical (unpaired) electrons. The number of alkyl halides is 3. The third kappa shape index (κ3) is 4.65. The third-order valence-electron chi connectivity index (χ3n) is 4.06. The van der Waals surface area contributed by atoms with Crippen molar-refractivity contribution in [2.75, 3.05) is 11.9 Å². The Labute approximate surface area is 168 Å². The number of hydrogen-bond donors (Lipinski definition) is 1. The molecule has 0 aliphatic heterocycles. The number of anilines is 1. The second-order valence-corrected chi connectivity index (χ2v) is 6.85. The van der Waals surface area contributed by atoms with Gasteiger partial charge >= 0.3 is 12.1 Å². The van der Waals surface area contributed by atoms with Crippen LogP contribution in [-0.2, 0) is 10.9 Å². The van der Waals surface area contributed by atoms with E-state index in [1.807, 2.05) is 30.3 Å². The Hall–Kier alpha value is -3.13. The van der Waals surface area contributed by atoms with Crippen molar-refractivity contribution in [1.82, 2.24) is 0 Å². The summed E-state index contributed by atoms with van der Waals surface area (Å²) in [6, 6.07) is 13.0. The summed E-state index contributed by atoms with van der Waals surface area (Å²) in [7, 11) is 0. The van der Waals surface area contributed by atoms with Gasteiger partial charge in [-0.2, -0.15) is 13.2 Å². The van der Waals surface area contributed by atoms with Crippen LogP contribution < -0.4 is 5.32 Å². The molecule has 1 aromatic heterocycles. The van der Waals surface area contributed by atoms with E-state index in [2.05, 4.69) is 5.32 Å². The lowest BCUT2D eigenvalue weighted by atomic mass is 10.0. The summed E-state index contributed by atoms with van der Waals surface area (Å²) in [4.78, 5) is 25.0. The van der Waals surface area contributed by atoms with Crippen molar-refractivity contribution in [3.63, 3.8) is 0 Å². The number of halogens is 3. The minimum atomic E-state index is -4.48. The van der Waals surface area contributed by atoms with Crippen molar-refractivity contribution in [2.45, 2.75) is 13.1 Å². The number of carbonyl (C=O) groups excluding carboxylic acids is 2. The van der Waals surface area contributed by atoms with E-state index in [1.165, 1.54) is 0 Å². The van der Waals surface area contributed by atoms with Gasteiger partial charge in [-0.1, -0.05) is 30.3 Å². The average molecular weight is 419 g/mol. The maximum atomic E-state index is 12.7. The summed E-state index contributed by atoms with van der Waals surface area (Å²) in [5.74, 6) is -1.21. The molecule has 0 spiro atoms. The fraction of sp³-hybridized carbons (Fsp3) is 0.143. The summed E-state index contributed by atoms with van der Waals surface area (Å²) in [5.41, 5.74) is 0.799. The first-order valence-electron chi connectivity index (χ1n) is 8.64. The molecule has 0 fully saturated rings. The normalized spacial score (nSPS) is 11.2. The number of benzene rings is 2. The Morgan fingerprint density at radius 2 is 1.69 bits per heavy atom. The van der Waals surface area contributed by atoms with Crippen LogP contribution in [0.15, 0.2) is 60.0 Å². The lowest BCUT2D eigenvalue weighted by Crippen LogP contribution is -2.15. The number of esters is 1. The molecule has 0 saturated heterocycles. The average Bonchev–Trinajstić information content (AvgIpc) is 3.12. The molecule has 4 nitrogen and oxygen atoms in total. The molecule has 0 atom stereocenters. The molecule has 1 heterocycles. The van der Waals surface area contributed by atoms with E-state index in [9.17, 15) is 22.8 Å². The molecule has 150 valence electrons. The molecular formula is C21H16F3NO3S. The van der Waals surface area contributed by atoms with E-state index >= 15 is 0 Å². The SMILES string of the molecule is CCOC(=O)c1c(-c2ccccc2)csc1NC(=O)c1ccc(C(F)(F)F)cc1. The second kappa shape index (κ2) is 8.48. The summed E-state index contributed by atoms with van der Waals surface area (Å²) in [6.07, 6.45) is -4.48. The van der Waals surface area contributed by atoms with Crippen molar-refractivity contribution in [1.29, 1.82) is 0 Å². The number of rotatable bonds is 5. The van der Waals surface area contributed by atoms with Crippen molar-refractivity contribution in [2.24, 2.45) is 0 Å². The first kappa shape index (κ1) is 20.6. The van der Waals surface area contributed by atoms with E-state index in [1.54, 1.807) is 12.3 Å². The Balaban J connectivity index is 1.91. The summed E-state index contributed by atoms with van der Waals surface area (Å²) in [6.45, 7) is 1.84. The highest BCUT2D eigenvalue weighted by Crippen LogP contribution is 2.36. The fourth-order valence-corrected chi connectivity index (χ4v) is 3.62. The first-order chi connectivity index (χ1) is 13.8. The summed E-state index contributed by atoms with van der Waals surface area (Å²) < 4.78 is 43.2. The molecule has 0 aliphatic carbocycles. The highest BCUT2D eigenvalue weighted by molar-refractivity contribution is 7.15. The van der Waals surface area contributed by atoms with Crippen LogP contribution in [0.1, 0.15) is 33.2 Å². The van der Waals surface area contributed by atoms with Crippen molar-refractivity contribution < 1.29 is 27.5 Å². The summed E-state index contributed by atoms with van der Waals surface area (Å²) in [5, 5.41) is 4.61. The number of carbonyl (C=O) groups is 2. The van der Waals surface area contributed by atoms with Gasteiger partial charge in [-0.05, 0) is 36.8 Å². The quantitative estimate of drug-likeness (QED) is 0.527. The zero-order chi connectivity index (χ0) is 21.0. The molecule has 1 N–H and O–H groups in total. The van der Waals surface area contributed by atoms with Gasteiger partial charge in [0.2, 0.25) is 0 Å². The van der Waals surface area contributed by atoms with Crippen LogP contribution in [-0.4, -0.2) is 18.5 Å². The predicted molar refractivity (Wildman–Crippen MR) is 105 cm³/mol. The van der Waals surface area contributed by atoms with Crippen LogP contribution in [0.4, 0.5) is 18.2 Å². The van der Waals surface area contributed by atoms with Gasteiger partial charge < -0.3 is 10.1 Å². The minimum Gasteiger partial charge on any atom is -0.462 e. The number of amides is 1. The zero-order valence-corrected chi connectivity index (χ0v) is 16.1. The number of hydrogen-bond acceptors (Lipinski definition) is 4. The van der Waals surface area contributed by atoms with Crippen LogP contribution in [0.3, 0.4) is 0 Å². The maximum Gasteiger partial charge on any atom is 0.416 e. The van der Waals surface area contributed by atoms with E-state index < -0.39 is 23.6 Å². The Kier molecular flexibility index (Phi) is 6.03. The van der Waals surface area contributed by atoms with Crippen LogP contribution in [0.25, 0.3) is 11.1 Å². The van der Waals surface area contributed by atoms with E-state index in [-0.39, 0.29) is 22.7 Å². The second-order valence-electron chi connectivity index (χ2n) is 5.97. The van der Waals surface area contributed by atoms with Gasteiger partial charge in [0.15, 0.2) is 0 Å². The maximum absolute atomic E-state index is 12.7. The molecule has 29 heavy (non-hydrogen) atoms. The van der Waals surface area contributed by atoms with Gasteiger partial charge in [0.1, 0.15) is 10.6 Å². The monoisotopic (exact) mass is 419 g/mol. The van der Waals surface area contributed by atoms with E-state index in [0.29, 0.717) is 5.56 Å². The van der Waals surface area contributed by atoms with Crippen LogP contribution in [0.2, 0.25) is 0 Å². The summed E-state index contributed by atoms with van der Waals surface area (Å²) >= 11 is 1.14. The Morgan fingerprint density at radius 1 is 1.03 bits per heavy atom. The topological polar surface area (TPSA) is 55.4 Å². The minimum absolute atomic E-state index is 0.0440. The molecule has 2 aromatic carbocycles. The first-order valence-corrected chi connectivity index (χ1v) is 9.52. The molecule has 0 saturated carbocycles. The highest BCUT2D eigenvalue weighted by Gasteiger charge is 2.30. The number of thiophene rings is 1. The van der Waals surface area contributed by atoms with Crippen LogP contribution in [0.5, 0.6) is 0 Å². The Morgan fingerprint density at radius 3 is 2.28 bits per heavy atom. The van der Waals surface area contributed by atoms with Crippen LogP contribution in [0, 0.1) is 0 Å². The lowest BCUT2D eigenvalue weighted by Gasteiger charge is -2.10. The van der Waals surface area contributed by atoms with Crippen LogP contribution >= 0.6 is 11.3 Å². The van der Waals surface area contributed by atoms with E-state index in [0.717, 1.165) is 41.2 Å². The Bertz CT molecular complexity index is 1010. The molecule has 0 unspecified atom stereocenters. The standard InChI is InChI=1S/C21H16F3NO3S/c1-2-28-20(27)17-16(13-6-4-3-5-7-13)12-29-19(17)25-18(26)14-8-10-15(11-9-14)21(22,23)24/h3-12H,2H2,1H3,(H,25,26). The number of nitrogens with one attached hydrogen (secondary N) is 1. The van der Waals surface area contributed by atoms with Gasteiger partial charge in [0.05, 0.1) is 12.2 Å². The smallest absolute Gasteiger partial charge is 0.416 e. The molecule has 8 heteroatoms.